The summed E-state index contributed by atoms with van der Waals surface area (Å²) in [6.45, 7) is 6.46. The summed E-state index contributed by atoms with van der Waals surface area (Å²) < 4.78 is 16.9. The number of hydrogen-bond acceptors (Lipinski definition) is 9. The van der Waals surface area contributed by atoms with Crippen LogP contribution < -0.4 is 15.4 Å². The van der Waals surface area contributed by atoms with E-state index in [0.717, 1.165) is 68.9 Å². The van der Waals surface area contributed by atoms with Gasteiger partial charge in [-0.05, 0) is 54.9 Å². The lowest BCUT2D eigenvalue weighted by Gasteiger charge is -2.26. The van der Waals surface area contributed by atoms with Crippen LogP contribution in [0.4, 0.5) is 11.6 Å². The molecule has 0 saturated carbocycles. The van der Waals surface area contributed by atoms with Gasteiger partial charge in [0.15, 0.2) is 0 Å². The Hall–Kier alpha value is -4.04. The topological polar surface area (TPSA) is 122 Å². The van der Waals surface area contributed by atoms with Gasteiger partial charge in [0.05, 0.1) is 44.1 Å². The largest absolute Gasteiger partial charge is 0.489 e. The van der Waals surface area contributed by atoms with E-state index in [4.69, 9.17) is 14.2 Å². The average molecular weight is 557 g/mol. The molecule has 1 amide bonds. The van der Waals surface area contributed by atoms with Crippen LogP contribution in [0.1, 0.15) is 30.4 Å². The van der Waals surface area contributed by atoms with Crippen LogP contribution in [0.2, 0.25) is 0 Å². The molecule has 0 unspecified atom stereocenters. The molecule has 2 aromatic carbocycles. The van der Waals surface area contributed by atoms with Crippen LogP contribution in [0, 0.1) is 11.3 Å². The van der Waals surface area contributed by atoms with Crippen molar-refractivity contribution in [1.82, 2.24) is 20.2 Å². The Kier molecular flexibility index (Phi) is 10.1. The summed E-state index contributed by atoms with van der Waals surface area (Å²) in [5.74, 6) is 1.00. The van der Waals surface area contributed by atoms with Gasteiger partial charge in [-0.2, -0.15) is 5.26 Å². The smallest absolute Gasteiger partial charge is 0.227 e. The number of nitrogens with zero attached hydrogens (tertiary/aromatic N) is 4. The Bertz CT molecular complexity index is 1350. The van der Waals surface area contributed by atoms with E-state index in [1.54, 1.807) is 18.3 Å². The normalized spacial score (nSPS) is 16.1. The van der Waals surface area contributed by atoms with Gasteiger partial charge in [-0.25, -0.2) is 9.97 Å². The first-order valence-corrected chi connectivity index (χ1v) is 14.2. The molecule has 0 aliphatic carbocycles. The highest BCUT2D eigenvalue weighted by Gasteiger charge is 2.18. The second kappa shape index (κ2) is 14.6. The molecule has 2 N–H and O–H groups in total. The van der Waals surface area contributed by atoms with Gasteiger partial charge in [0, 0.05) is 49.9 Å². The first kappa shape index (κ1) is 28.5. The fourth-order valence-electron chi connectivity index (χ4n) is 4.92. The van der Waals surface area contributed by atoms with Crippen molar-refractivity contribution in [3.05, 3.63) is 65.9 Å². The summed E-state index contributed by atoms with van der Waals surface area (Å²) >= 11 is 0. The molecule has 214 valence electrons. The van der Waals surface area contributed by atoms with Crippen molar-refractivity contribution in [3.63, 3.8) is 0 Å². The maximum atomic E-state index is 12.5. The summed E-state index contributed by atoms with van der Waals surface area (Å²) in [4.78, 5) is 23.9. The molecule has 3 aromatic rings. The van der Waals surface area contributed by atoms with Gasteiger partial charge in [0.2, 0.25) is 11.9 Å². The molecular formula is C31H36N6O4. The molecule has 0 bridgehead atoms. The minimum absolute atomic E-state index is 0.0000755. The van der Waals surface area contributed by atoms with Gasteiger partial charge in [-0.15, -0.1) is 0 Å². The minimum Gasteiger partial charge on any atom is -0.489 e. The summed E-state index contributed by atoms with van der Waals surface area (Å²) in [5, 5.41) is 16.0. The van der Waals surface area contributed by atoms with Crippen LogP contribution >= 0.6 is 0 Å². The molecule has 1 aromatic heterocycles. The Labute approximate surface area is 240 Å². The van der Waals surface area contributed by atoms with Gasteiger partial charge in [0.25, 0.3) is 0 Å². The summed E-state index contributed by atoms with van der Waals surface area (Å²) in [6, 6.07) is 17.3. The van der Waals surface area contributed by atoms with Crippen LogP contribution in [0.5, 0.6) is 5.75 Å². The number of nitrogens with one attached hydrogen (secondary N) is 2. The molecule has 0 spiro atoms. The number of carbonyl (C=O) groups is 1. The van der Waals surface area contributed by atoms with Crippen molar-refractivity contribution in [3.8, 4) is 23.1 Å². The molecule has 10 nitrogen and oxygen atoms in total. The summed E-state index contributed by atoms with van der Waals surface area (Å²) in [6.07, 6.45) is 4.58. The van der Waals surface area contributed by atoms with Crippen LogP contribution in [-0.2, 0) is 20.7 Å². The van der Waals surface area contributed by atoms with Crippen molar-refractivity contribution < 1.29 is 19.0 Å². The maximum absolute atomic E-state index is 12.5. The van der Waals surface area contributed by atoms with Crippen molar-refractivity contribution in [2.45, 2.75) is 31.8 Å². The van der Waals surface area contributed by atoms with E-state index in [0.29, 0.717) is 49.1 Å². The number of benzene rings is 2. The lowest BCUT2D eigenvalue weighted by Crippen LogP contribution is -2.38. The number of ether oxygens (including phenoxy) is 3. The first-order chi connectivity index (χ1) is 20.2. The predicted octanol–water partition coefficient (Wildman–Crippen LogP) is 3.70. The zero-order chi connectivity index (χ0) is 28.3. The zero-order valence-corrected chi connectivity index (χ0v) is 23.2. The predicted molar refractivity (Wildman–Crippen MR) is 155 cm³/mol. The standard InChI is InChI=1S/C31H36N6O4/c32-22-25-21-24(5-6-29(25)41-27-8-15-39-16-9-27)28-7-11-34-31(36-28)35-26-4-1-3-23(19-26)20-30(38)33-10-2-12-37-13-17-40-18-14-37/h1,3-7,11,19,21,27H,2,8-10,12-18,20H2,(H,33,38)(H,34,35,36). The first-order valence-electron chi connectivity index (χ1n) is 14.2. The van der Waals surface area contributed by atoms with Crippen LogP contribution in [0.15, 0.2) is 54.7 Å². The van der Waals surface area contributed by atoms with Gasteiger partial charge >= 0.3 is 0 Å². The molecule has 0 atom stereocenters. The highest BCUT2D eigenvalue weighted by atomic mass is 16.5. The van der Waals surface area contributed by atoms with Gasteiger partial charge in [-0.3, -0.25) is 9.69 Å². The third-order valence-electron chi connectivity index (χ3n) is 7.14. The fraction of sp³-hybridized carbons (Fsp3) is 0.419. The number of aromatic nitrogens is 2. The van der Waals surface area contributed by atoms with E-state index < -0.39 is 0 Å². The zero-order valence-electron chi connectivity index (χ0n) is 23.2. The second-order valence-electron chi connectivity index (χ2n) is 10.2. The van der Waals surface area contributed by atoms with E-state index in [1.165, 1.54) is 0 Å². The van der Waals surface area contributed by atoms with Crippen molar-refractivity contribution in [2.24, 2.45) is 0 Å². The Balaban J connectivity index is 1.16. The molecule has 2 aliphatic heterocycles. The molecule has 2 aliphatic rings. The fourth-order valence-corrected chi connectivity index (χ4v) is 4.92. The minimum atomic E-state index is -0.0000755. The number of amides is 1. The summed E-state index contributed by atoms with van der Waals surface area (Å²) in [7, 11) is 0. The second-order valence-corrected chi connectivity index (χ2v) is 10.2. The van der Waals surface area contributed by atoms with Crippen molar-refractivity contribution >= 4 is 17.5 Å². The number of morpholine rings is 1. The molecule has 5 rings (SSSR count). The van der Waals surface area contributed by atoms with Crippen LogP contribution in [-0.4, -0.2) is 79.5 Å². The Morgan fingerprint density at radius 2 is 1.90 bits per heavy atom. The van der Waals surface area contributed by atoms with Crippen molar-refractivity contribution in [1.29, 1.82) is 5.26 Å². The van der Waals surface area contributed by atoms with Gasteiger partial charge in [-0.1, -0.05) is 12.1 Å². The maximum Gasteiger partial charge on any atom is 0.227 e. The third kappa shape index (κ3) is 8.47. The van der Waals surface area contributed by atoms with E-state index in [-0.39, 0.29) is 12.0 Å². The monoisotopic (exact) mass is 556 g/mol. The molecule has 41 heavy (non-hydrogen) atoms. The molecule has 3 heterocycles. The molecule has 2 saturated heterocycles. The number of nitriles is 1. The summed E-state index contributed by atoms with van der Waals surface area (Å²) in [5.41, 5.74) is 3.64. The third-order valence-corrected chi connectivity index (χ3v) is 7.14. The van der Waals surface area contributed by atoms with E-state index in [1.807, 2.05) is 36.4 Å². The molecule has 10 heteroatoms. The highest BCUT2D eigenvalue weighted by Crippen LogP contribution is 2.28. The van der Waals surface area contributed by atoms with Crippen LogP contribution in [0.3, 0.4) is 0 Å². The van der Waals surface area contributed by atoms with Crippen LogP contribution in [0.25, 0.3) is 11.3 Å². The number of anilines is 2. The van der Waals surface area contributed by atoms with E-state index >= 15 is 0 Å². The Morgan fingerprint density at radius 3 is 2.73 bits per heavy atom. The number of carbonyl (C=O) groups excluding carboxylic acids is 1. The quantitative estimate of drug-likeness (QED) is 0.341. The number of rotatable bonds is 11. The lowest BCUT2D eigenvalue weighted by molar-refractivity contribution is -0.120. The average Bonchev–Trinajstić information content (AvgIpc) is 3.01. The Morgan fingerprint density at radius 1 is 1.07 bits per heavy atom. The van der Waals surface area contributed by atoms with Crippen molar-refractivity contribution in [2.75, 3.05) is 57.9 Å². The lowest BCUT2D eigenvalue weighted by atomic mass is 10.1. The van der Waals surface area contributed by atoms with E-state index in [2.05, 4.69) is 31.6 Å². The highest BCUT2D eigenvalue weighted by molar-refractivity contribution is 5.79. The molecular weight excluding hydrogens is 520 g/mol. The SMILES string of the molecule is N#Cc1cc(-c2ccnc(Nc3cccc(CC(=O)NCCCN4CCOCC4)c3)n2)ccc1OC1CCOCC1. The van der Waals surface area contributed by atoms with Gasteiger partial charge < -0.3 is 24.8 Å². The molecule has 2 fully saturated rings. The number of hydrogen-bond donors (Lipinski definition) is 2. The van der Waals surface area contributed by atoms with E-state index in [9.17, 15) is 10.1 Å². The molecule has 0 radical (unpaired) electrons. The van der Waals surface area contributed by atoms with Gasteiger partial charge in [0.1, 0.15) is 17.9 Å².